The summed E-state index contributed by atoms with van der Waals surface area (Å²) in [7, 11) is 6.43. The minimum Gasteiger partial charge on any atom is -0.493 e. The number of benzene rings is 4. The number of hydrogen-bond acceptors (Lipinski definition) is 14. The number of hydrogen-bond donors (Lipinski definition) is 1. The van der Waals surface area contributed by atoms with Gasteiger partial charge in [-0.25, -0.2) is 9.59 Å². The van der Waals surface area contributed by atoms with Crippen LogP contribution in [0.5, 0.6) is 28.7 Å². The lowest BCUT2D eigenvalue weighted by Gasteiger charge is -2.44. The van der Waals surface area contributed by atoms with Crippen LogP contribution in [0.15, 0.2) is 84.9 Å². The lowest BCUT2D eigenvalue weighted by Crippen LogP contribution is -2.53. The van der Waals surface area contributed by atoms with Gasteiger partial charge in [-0.2, -0.15) is 0 Å². The van der Waals surface area contributed by atoms with E-state index in [1.807, 2.05) is 0 Å². The number of rotatable bonds is 12. The molecule has 0 radical (unpaired) electrons. The SMILES string of the molecule is COC(=O)[C@@H](OC(=O)[C@@H]1Cc2cc3c(cc2[C@](O)(c2cc(OC)c(OC)c(OC)c2)[C@H]1C(=O)O[C@H](C(=O)OC)c1ccccc1)OCO3)c1ccccc1. The molecule has 0 aromatic heterocycles. The zero-order valence-corrected chi connectivity index (χ0v) is 30.1. The summed E-state index contributed by atoms with van der Waals surface area (Å²) in [6.45, 7) is -0.118. The number of carbonyl (C=O) groups is 4. The number of carbonyl (C=O) groups excluding carboxylic acids is 4. The Kier molecular flexibility index (Phi) is 10.9. The first-order chi connectivity index (χ1) is 26.1. The number of aliphatic hydroxyl groups is 1. The molecule has 14 nitrogen and oxygen atoms in total. The van der Waals surface area contributed by atoms with Crippen molar-refractivity contribution in [3.63, 3.8) is 0 Å². The highest BCUT2D eigenvalue weighted by Gasteiger charge is 2.58. The van der Waals surface area contributed by atoms with Crippen LogP contribution in [0.3, 0.4) is 0 Å². The van der Waals surface area contributed by atoms with Crippen molar-refractivity contribution in [1.82, 2.24) is 0 Å². The van der Waals surface area contributed by atoms with E-state index >= 15 is 0 Å². The molecule has 5 atom stereocenters. The summed E-state index contributed by atoms with van der Waals surface area (Å²) < 4.78 is 49.9. The smallest absolute Gasteiger partial charge is 0.351 e. The van der Waals surface area contributed by atoms with Gasteiger partial charge in [-0.15, -0.1) is 0 Å². The molecule has 0 amide bonds. The topological polar surface area (TPSA) is 172 Å². The minimum atomic E-state index is -2.47. The van der Waals surface area contributed by atoms with E-state index < -0.39 is 53.5 Å². The normalized spacial score (nSPS) is 19.3. The Morgan fingerprint density at radius 2 is 1.19 bits per heavy atom. The molecule has 54 heavy (non-hydrogen) atoms. The number of ether oxygens (including phenoxy) is 9. The van der Waals surface area contributed by atoms with Crippen LogP contribution in [0.25, 0.3) is 0 Å². The van der Waals surface area contributed by atoms with Gasteiger partial charge < -0.3 is 47.7 Å². The lowest BCUT2D eigenvalue weighted by molar-refractivity contribution is -0.186. The van der Waals surface area contributed by atoms with Crippen LogP contribution in [-0.2, 0) is 50.1 Å². The Bertz CT molecular complexity index is 2010. The highest BCUT2D eigenvalue weighted by molar-refractivity contribution is 5.89. The van der Waals surface area contributed by atoms with E-state index in [1.54, 1.807) is 66.7 Å². The third-order valence-electron chi connectivity index (χ3n) is 9.47. The first-order valence-electron chi connectivity index (χ1n) is 16.7. The Morgan fingerprint density at radius 3 is 1.67 bits per heavy atom. The van der Waals surface area contributed by atoms with Crippen LogP contribution < -0.4 is 23.7 Å². The molecule has 14 heteroatoms. The highest BCUT2D eigenvalue weighted by Crippen LogP contribution is 2.54. The Hall–Kier alpha value is -6.28. The zero-order chi connectivity index (χ0) is 38.6. The van der Waals surface area contributed by atoms with E-state index in [-0.39, 0.29) is 52.9 Å². The summed E-state index contributed by atoms with van der Waals surface area (Å²) in [6.07, 6.45) is -3.36. The van der Waals surface area contributed by atoms with Gasteiger partial charge in [-0.1, -0.05) is 60.7 Å². The Labute approximate surface area is 310 Å². The molecule has 0 saturated carbocycles. The standard InChI is InChI=1S/C40H38O14/c1-46-30-18-25(19-31(47-2)35(30)48-3)40(45)27-20-29-28(51-21-52-29)17-24(27)16-26(36(41)53-33(38(43)49-4)22-12-8-6-9-13-22)32(40)37(42)54-34(39(44)50-5)23-14-10-7-11-15-23/h6-15,17-20,26,32-34,45H,16,21H2,1-5H3/t26-,32-,33+,34+,40-/m1/s1. The van der Waals surface area contributed by atoms with Crippen LogP contribution >= 0.6 is 0 Å². The van der Waals surface area contributed by atoms with Gasteiger partial charge in [0.15, 0.2) is 23.0 Å². The summed E-state index contributed by atoms with van der Waals surface area (Å²) >= 11 is 0. The average Bonchev–Trinajstić information content (AvgIpc) is 3.68. The van der Waals surface area contributed by atoms with Crippen molar-refractivity contribution in [3.8, 4) is 28.7 Å². The molecule has 4 aromatic rings. The van der Waals surface area contributed by atoms with Crippen molar-refractivity contribution in [2.24, 2.45) is 11.8 Å². The largest absolute Gasteiger partial charge is 0.493 e. The van der Waals surface area contributed by atoms with Gasteiger partial charge in [0.1, 0.15) is 11.5 Å². The van der Waals surface area contributed by atoms with E-state index in [0.717, 1.165) is 14.2 Å². The van der Waals surface area contributed by atoms with Gasteiger partial charge in [-0.05, 0) is 47.4 Å². The second kappa shape index (κ2) is 15.8. The van der Waals surface area contributed by atoms with Gasteiger partial charge in [0.2, 0.25) is 24.8 Å². The van der Waals surface area contributed by atoms with Crippen LogP contribution in [0.2, 0.25) is 0 Å². The lowest BCUT2D eigenvalue weighted by atomic mass is 9.63. The summed E-state index contributed by atoms with van der Waals surface area (Å²) in [5, 5.41) is 13.4. The fourth-order valence-electron chi connectivity index (χ4n) is 6.88. The number of methoxy groups -OCH3 is 5. The van der Waals surface area contributed by atoms with Crippen LogP contribution in [-0.4, -0.2) is 71.3 Å². The maximum absolute atomic E-state index is 14.9. The monoisotopic (exact) mass is 742 g/mol. The fraction of sp³-hybridized carbons (Fsp3) is 0.300. The van der Waals surface area contributed by atoms with Crippen molar-refractivity contribution in [1.29, 1.82) is 0 Å². The zero-order valence-electron chi connectivity index (χ0n) is 30.1. The molecule has 1 heterocycles. The number of esters is 4. The third-order valence-corrected chi connectivity index (χ3v) is 9.47. The maximum Gasteiger partial charge on any atom is 0.351 e. The molecule has 0 unspecified atom stereocenters. The van der Waals surface area contributed by atoms with E-state index in [2.05, 4.69) is 0 Å². The van der Waals surface area contributed by atoms with Crippen LogP contribution in [0.1, 0.15) is 40.0 Å². The van der Waals surface area contributed by atoms with E-state index in [4.69, 9.17) is 42.6 Å². The Balaban J connectivity index is 1.58. The molecule has 282 valence electrons. The summed E-state index contributed by atoms with van der Waals surface area (Å²) in [6, 6.07) is 22.2. The summed E-state index contributed by atoms with van der Waals surface area (Å²) in [5.74, 6) is -6.43. The first-order valence-corrected chi connectivity index (χ1v) is 16.7. The molecule has 0 fully saturated rings. The second-order valence-corrected chi connectivity index (χ2v) is 12.3. The third kappa shape index (κ3) is 6.83. The number of fused-ring (bicyclic) bond motifs is 2. The molecule has 0 saturated heterocycles. The van der Waals surface area contributed by atoms with E-state index in [9.17, 15) is 24.3 Å². The molecular formula is C40H38O14. The van der Waals surface area contributed by atoms with Crippen molar-refractivity contribution in [2.45, 2.75) is 24.2 Å². The average molecular weight is 743 g/mol. The van der Waals surface area contributed by atoms with Gasteiger partial charge in [0.25, 0.3) is 0 Å². The predicted octanol–water partition coefficient (Wildman–Crippen LogP) is 4.38. The van der Waals surface area contributed by atoms with Crippen molar-refractivity contribution < 1.29 is 66.9 Å². The van der Waals surface area contributed by atoms with E-state index in [0.29, 0.717) is 16.9 Å². The molecular weight excluding hydrogens is 704 g/mol. The molecule has 4 aromatic carbocycles. The molecule has 1 aliphatic carbocycles. The van der Waals surface area contributed by atoms with Gasteiger partial charge in [-0.3, -0.25) is 9.59 Å². The Morgan fingerprint density at radius 1 is 0.685 bits per heavy atom. The minimum absolute atomic E-state index is 0.0125. The molecule has 0 spiro atoms. The maximum atomic E-state index is 14.9. The first kappa shape index (κ1) is 37.5. The van der Waals surface area contributed by atoms with Crippen molar-refractivity contribution in [2.75, 3.05) is 42.3 Å². The van der Waals surface area contributed by atoms with Crippen LogP contribution in [0.4, 0.5) is 0 Å². The summed E-state index contributed by atoms with van der Waals surface area (Å²) in [4.78, 5) is 55.7. The predicted molar refractivity (Wildman–Crippen MR) is 187 cm³/mol. The second-order valence-electron chi connectivity index (χ2n) is 12.3. The molecule has 1 N–H and O–H groups in total. The molecule has 6 rings (SSSR count). The van der Waals surface area contributed by atoms with E-state index in [1.165, 1.54) is 39.5 Å². The van der Waals surface area contributed by atoms with Gasteiger partial charge in [0.05, 0.1) is 41.5 Å². The van der Waals surface area contributed by atoms with Gasteiger partial charge in [0, 0.05) is 11.1 Å². The highest BCUT2D eigenvalue weighted by atomic mass is 16.7. The van der Waals surface area contributed by atoms with Crippen molar-refractivity contribution in [3.05, 3.63) is 113 Å². The molecule has 1 aliphatic heterocycles. The van der Waals surface area contributed by atoms with Crippen molar-refractivity contribution >= 4 is 23.9 Å². The quantitative estimate of drug-likeness (QED) is 0.160. The van der Waals surface area contributed by atoms with Gasteiger partial charge >= 0.3 is 23.9 Å². The van der Waals surface area contributed by atoms with Crippen LogP contribution in [0, 0.1) is 11.8 Å². The summed E-state index contributed by atoms with van der Waals surface area (Å²) in [5.41, 5.74) is -1.36. The fourth-order valence-corrected chi connectivity index (χ4v) is 6.88. The molecule has 2 aliphatic rings. The molecule has 0 bridgehead atoms.